The Bertz CT molecular complexity index is 415. The Morgan fingerprint density at radius 1 is 0.905 bits per heavy atom. The Kier molecular flexibility index (Phi) is 4.33. The van der Waals surface area contributed by atoms with Crippen LogP contribution in [0.4, 0.5) is 4.79 Å². The average molecular weight is 295 g/mol. The Labute approximate surface area is 125 Å². The van der Waals surface area contributed by atoms with Gasteiger partial charge in [-0.25, -0.2) is 9.59 Å². The molecule has 0 saturated carbocycles. The van der Waals surface area contributed by atoms with Crippen LogP contribution < -0.4 is 0 Å². The zero-order valence-electron chi connectivity index (χ0n) is 12.5. The Morgan fingerprint density at radius 2 is 1.67 bits per heavy atom. The highest BCUT2D eigenvalue weighted by molar-refractivity contribution is 5.83. The largest absolute Gasteiger partial charge is 0.480 e. The van der Waals surface area contributed by atoms with E-state index < -0.39 is 12.0 Å². The Morgan fingerprint density at radius 3 is 2.48 bits per heavy atom. The molecule has 0 aromatic carbocycles. The predicted molar refractivity (Wildman–Crippen MR) is 78.2 cm³/mol. The number of likely N-dealkylation sites (tertiary alicyclic amines) is 1. The van der Waals surface area contributed by atoms with Crippen molar-refractivity contribution < 1.29 is 14.7 Å². The van der Waals surface area contributed by atoms with Crippen molar-refractivity contribution in [3.63, 3.8) is 0 Å². The molecule has 3 aliphatic heterocycles. The zero-order chi connectivity index (χ0) is 14.8. The highest BCUT2D eigenvalue weighted by Crippen LogP contribution is 2.24. The number of carboxylic acid groups (broad SMARTS) is 1. The number of urea groups is 1. The number of rotatable bonds is 1. The Hall–Kier alpha value is -1.30. The number of carbonyl (C=O) groups excluding carboxylic acids is 1. The lowest BCUT2D eigenvalue weighted by Gasteiger charge is -2.46. The van der Waals surface area contributed by atoms with Gasteiger partial charge < -0.3 is 14.9 Å². The van der Waals surface area contributed by atoms with E-state index in [-0.39, 0.29) is 6.03 Å². The third kappa shape index (κ3) is 3.00. The van der Waals surface area contributed by atoms with Gasteiger partial charge >= 0.3 is 12.0 Å². The third-order valence-electron chi connectivity index (χ3n) is 5.14. The maximum Gasteiger partial charge on any atom is 0.326 e. The average Bonchev–Trinajstić information content (AvgIpc) is 2.53. The lowest BCUT2D eigenvalue weighted by Crippen LogP contribution is -2.60. The van der Waals surface area contributed by atoms with E-state index in [1.807, 2.05) is 4.90 Å². The van der Waals surface area contributed by atoms with Crippen molar-refractivity contribution in [3.8, 4) is 0 Å². The molecule has 2 atom stereocenters. The normalized spacial score (nSPS) is 30.9. The van der Waals surface area contributed by atoms with Crippen molar-refractivity contribution in [1.82, 2.24) is 14.7 Å². The van der Waals surface area contributed by atoms with E-state index in [1.165, 1.54) is 12.8 Å². The van der Waals surface area contributed by atoms with Gasteiger partial charge in [-0.15, -0.1) is 0 Å². The van der Waals surface area contributed by atoms with E-state index in [4.69, 9.17) is 0 Å². The molecule has 118 valence electrons. The Balaban J connectivity index is 1.65. The summed E-state index contributed by atoms with van der Waals surface area (Å²) in [5.74, 6) is -0.862. The summed E-state index contributed by atoms with van der Waals surface area (Å²) in [6.45, 7) is 4.16. The van der Waals surface area contributed by atoms with Crippen molar-refractivity contribution in [2.24, 2.45) is 0 Å². The van der Waals surface area contributed by atoms with Gasteiger partial charge in [0.15, 0.2) is 0 Å². The van der Waals surface area contributed by atoms with Crippen LogP contribution in [0, 0.1) is 0 Å². The van der Waals surface area contributed by atoms with Crippen LogP contribution >= 0.6 is 0 Å². The fourth-order valence-electron chi connectivity index (χ4n) is 3.93. The van der Waals surface area contributed by atoms with Crippen LogP contribution in [0.5, 0.6) is 0 Å². The van der Waals surface area contributed by atoms with Gasteiger partial charge in [-0.3, -0.25) is 4.90 Å². The first-order chi connectivity index (χ1) is 10.2. The first kappa shape index (κ1) is 14.6. The van der Waals surface area contributed by atoms with Gasteiger partial charge in [0.2, 0.25) is 0 Å². The summed E-state index contributed by atoms with van der Waals surface area (Å²) in [6.07, 6.45) is 6.06. The lowest BCUT2D eigenvalue weighted by molar-refractivity contribution is -0.143. The number of hydrogen-bond donors (Lipinski definition) is 1. The van der Waals surface area contributed by atoms with Crippen LogP contribution in [0.1, 0.15) is 38.5 Å². The predicted octanol–water partition coefficient (Wildman–Crippen LogP) is 1.22. The molecule has 3 rings (SSSR count). The van der Waals surface area contributed by atoms with Crippen LogP contribution in [0.15, 0.2) is 0 Å². The summed E-state index contributed by atoms with van der Waals surface area (Å²) in [4.78, 5) is 30.0. The molecule has 1 N–H and O–H groups in total. The molecule has 21 heavy (non-hydrogen) atoms. The summed E-state index contributed by atoms with van der Waals surface area (Å²) in [7, 11) is 0. The van der Waals surface area contributed by atoms with E-state index in [1.54, 1.807) is 4.90 Å². The monoisotopic (exact) mass is 295 g/mol. The maximum absolute atomic E-state index is 12.7. The minimum atomic E-state index is -0.862. The molecule has 0 aromatic heterocycles. The van der Waals surface area contributed by atoms with E-state index >= 15 is 0 Å². The first-order valence-electron chi connectivity index (χ1n) is 8.19. The molecule has 2 unspecified atom stereocenters. The van der Waals surface area contributed by atoms with Gasteiger partial charge in [0.1, 0.15) is 6.04 Å². The SMILES string of the molecule is O=C(O)C1CCCCN1C(=O)N1CCN2CCCCC2C1. The van der Waals surface area contributed by atoms with E-state index in [0.717, 1.165) is 45.4 Å². The number of carbonyl (C=O) groups is 2. The molecule has 0 spiro atoms. The summed E-state index contributed by atoms with van der Waals surface area (Å²) in [5, 5.41) is 9.32. The molecule has 6 nitrogen and oxygen atoms in total. The van der Waals surface area contributed by atoms with Crippen LogP contribution in [-0.4, -0.2) is 76.6 Å². The molecular weight excluding hydrogens is 270 g/mol. The summed E-state index contributed by atoms with van der Waals surface area (Å²) in [5.41, 5.74) is 0. The summed E-state index contributed by atoms with van der Waals surface area (Å²) < 4.78 is 0. The fraction of sp³-hybridized carbons (Fsp3) is 0.867. The topological polar surface area (TPSA) is 64.1 Å². The van der Waals surface area contributed by atoms with Gasteiger partial charge in [0, 0.05) is 32.2 Å². The smallest absolute Gasteiger partial charge is 0.326 e. The first-order valence-corrected chi connectivity index (χ1v) is 8.19. The van der Waals surface area contributed by atoms with Crippen molar-refractivity contribution in [2.75, 3.05) is 32.7 Å². The zero-order valence-corrected chi connectivity index (χ0v) is 12.5. The maximum atomic E-state index is 12.7. The summed E-state index contributed by atoms with van der Waals surface area (Å²) >= 11 is 0. The molecular formula is C15H25N3O3. The highest BCUT2D eigenvalue weighted by Gasteiger charge is 2.37. The number of piperazine rings is 1. The molecule has 3 aliphatic rings. The van der Waals surface area contributed by atoms with Crippen molar-refractivity contribution >= 4 is 12.0 Å². The van der Waals surface area contributed by atoms with E-state index in [2.05, 4.69) is 4.90 Å². The van der Waals surface area contributed by atoms with E-state index in [0.29, 0.717) is 19.0 Å². The van der Waals surface area contributed by atoms with Crippen LogP contribution in [-0.2, 0) is 4.79 Å². The van der Waals surface area contributed by atoms with Gasteiger partial charge in [-0.1, -0.05) is 6.42 Å². The van der Waals surface area contributed by atoms with Gasteiger partial charge in [0.05, 0.1) is 0 Å². The van der Waals surface area contributed by atoms with Crippen molar-refractivity contribution in [1.29, 1.82) is 0 Å². The second-order valence-electron chi connectivity index (χ2n) is 6.46. The molecule has 0 aromatic rings. The second kappa shape index (κ2) is 6.22. The number of aliphatic carboxylic acids is 1. The molecule has 6 heteroatoms. The molecule has 0 aliphatic carbocycles. The highest BCUT2D eigenvalue weighted by atomic mass is 16.4. The van der Waals surface area contributed by atoms with Crippen LogP contribution in [0.2, 0.25) is 0 Å². The third-order valence-corrected chi connectivity index (χ3v) is 5.14. The molecule has 0 bridgehead atoms. The molecule has 3 fully saturated rings. The quantitative estimate of drug-likeness (QED) is 0.790. The molecule has 2 amide bonds. The fourth-order valence-corrected chi connectivity index (χ4v) is 3.93. The van der Waals surface area contributed by atoms with Crippen molar-refractivity contribution in [2.45, 2.75) is 50.6 Å². The second-order valence-corrected chi connectivity index (χ2v) is 6.46. The number of hydrogen-bond acceptors (Lipinski definition) is 3. The van der Waals surface area contributed by atoms with Crippen LogP contribution in [0.3, 0.4) is 0 Å². The van der Waals surface area contributed by atoms with E-state index in [9.17, 15) is 14.7 Å². The minimum Gasteiger partial charge on any atom is -0.480 e. The van der Waals surface area contributed by atoms with Crippen LogP contribution in [0.25, 0.3) is 0 Å². The molecule has 3 heterocycles. The number of fused-ring (bicyclic) bond motifs is 1. The lowest BCUT2D eigenvalue weighted by atomic mass is 9.99. The van der Waals surface area contributed by atoms with Crippen molar-refractivity contribution in [3.05, 3.63) is 0 Å². The number of nitrogens with zero attached hydrogens (tertiary/aromatic N) is 3. The number of piperidine rings is 2. The molecule has 0 radical (unpaired) electrons. The van der Waals surface area contributed by atoms with Gasteiger partial charge in [-0.05, 0) is 38.6 Å². The van der Waals surface area contributed by atoms with Gasteiger partial charge in [0.25, 0.3) is 0 Å². The standard InChI is InChI=1S/C15H25N3O3/c19-14(20)13-6-2-4-8-18(13)15(21)17-10-9-16-7-3-1-5-12(16)11-17/h12-13H,1-11H2,(H,19,20). The van der Waals surface area contributed by atoms with Gasteiger partial charge in [-0.2, -0.15) is 0 Å². The summed E-state index contributed by atoms with van der Waals surface area (Å²) in [6, 6.07) is -0.215. The molecule has 3 saturated heterocycles. The number of carboxylic acids is 1. The number of amides is 2. The minimum absolute atomic E-state index is 0.0627.